The molecule has 0 saturated heterocycles. The summed E-state index contributed by atoms with van der Waals surface area (Å²) >= 11 is 0. The number of nitrogens with zero attached hydrogens (tertiary/aromatic N) is 1. The molecule has 1 aliphatic carbocycles. The highest BCUT2D eigenvalue weighted by molar-refractivity contribution is 4.83. The molecule has 96 valence electrons. The van der Waals surface area contributed by atoms with E-state index in [1.807, 2.05) is 0 Å². The minimum atomic E-state index is -4.16. The molecule has 1 saturated carbocycles. The maximum absolute atomic E-state index is 12.8. The van der Waals surface area contributed by atoms with E-state index in [-0.39, 0.29) is 19.0 Å². The Bertz CT molecular complexity index is 200. The predicted octanol–water partition coefficient (Wildman–Crippen LogP) is 2.53. The number of halogens is 3. The van der Waals surface area contributed by atoms with Gasteiger partial charge in [-0.25, -0.2) is 0 Å². The standard InChI is InChI=1S/C11H21F3N2/c1-16(9-5-3-2-4-6-9)10(7-8-15)11(12,13)14/h9-10H,2-8,15H2,1H3. The SMILES string of the molecule is CN(C1CCCCC1)C(CCN)C(F)(F)F. The van der Waals surface area contributed by atoms with E-state index in [2.05, 4.69) is 0 Å². The van der Waals surface area contributed by atoms with Gasteiger partial charge in [0.15, 0.2) is 0 Å². The minimum Gasteiger partial charge on any atom is -0.330 e. The summed E-state index contributed by atoms with van der Waals surface area (Å²) in [6.07, 6.45) is 0.839. The summed E-state index contributed by atoms with van der Waals surface area (Å²) in [7, 11) is 1.59. The summed E-state index contributed by atoms with van der Waals surface area (Å²) in [6.45, 7) is 0.0846. The third-order valence-corrected chi connectivity index (χ3v) is 3.46. The summed E-state index contributed by atoms with van der Waals surface area (Å²) in [5.74, 6) is 0. The van der Waals surface area contributed by atoms with E-state index >= 15 is 0 Å². The Morgan fingerprint density at radius 1 is 1.25 bits per heavy atom. The van der Waals surface area contributed by atoms with E-state index < -0.39 is 12.2 Å². The normalized spacial score (nSPS) is 21.4. The fourth-order valence-corrected chi connectivity index (χ4v) is 2.50. The Kier molecular flexibility index (Phi) is 5.05. The smallest absolute Gasteiger partial charge is 0.330 e. The van der Waals surface area contributed by atoms with Crippen molar-refractivity contribution in [1.29, 1.82) is 0 Å². The van der Waals surface area contributed by atoms with Gasteiger partial charge in [0.1, 0.15) is 6.04 Å². The van der Waals surface area contributed by atoms with Gasteiger partial charge in [-0.1, -0.05) is 19.3 Å². The molecule has 0 amide bonds. The van der Waals surface area contributed by atoms with Gasteiger partial charge < -0.3 is 5.73 Å². The van der Waals surface area contributed by atoms with Crippen LogP contribution in [0.1, 0.15) is 38.5 Å². The van der Waals surface area contributed by atoms with Crippen LogP contribution in [0.5, 0.6) is 0 Å². The second-order valence-electron chi connectivity index (χ2n) is 4.59. The third-order valence-electron chi connectivity index (χ3n) is 3.46. The molecule has 5 heteroatoms. The minimum absolute atomic E-state index is 0.00347. The average Bonchev–Trinajstić information content (AvgIpc) is 2.25. The zero-order chi connectivity index (χ0) is 12.2. The van der Waals surface area contributed by atoms with Crippen LogP contribution < -0.4 is 5.73 Å². The van der Waals surface area contributed by atoms with Crippen molar-refractivity contribution < 1.29 is 13.2 Å². The molecule has 1 rings (SSSR count). The lowest BCUT2D eigenvalue weighted by Gasteiger charge is -2.37. The number of hydrogen-bond donors (Lipinski definition) is 1. The Hall–Kier alpha value is -0.290. The molecule has 0 radical (unpaired) electrons. The zero-order valence-electron chi connectivity index (χ0n) is 9.76. The highest BCUT2D eigenvalue weighted by Crippen LogP contribution is 2.31. The van der Waals surface area contributed by atoms with Crippen molar-refractivity contribution in [3.8, 4) is 0 Å². The molecule has 0 aromatic heterocycles. The van der Waals surface area contributed by atoms with E-state index in [0.717, 1.165) is 32.1 Å². The number of nitrogens with two attached hydrogens (primary N) is 1. The Balaban J connectivity index is 2.61. The summed E-state index contributed by atoms with van der Waals surface area (Å²) < 4.78 is 38.4. The van der Waals surface area contributed by atoms with Gasteiger partial charge in [-0.05, 0) is 32.9 Å². The number of rotatable bonds is 4. The molecule has 16 heavy (non-hydrogen) atoms. The van der Waals surface area contributed by atoms with Crippen molar-refractivity contribution in [3.05, 3.63) is 0 Å². The summed E-state index contributed by atoms with van der Waals surface area (Å²) in [5.41, 5.74) is 5.27. The largest absolute Gasteiger partial charge is 0.404 e. The van der Waals surface area contributed by atoms with Crippen molar-refractivity contribution in [1.82, 2.24) is 4.90 Å². The van der Waals surface area contributed by atoms with Gasteiger partial charge >= 0.3 is 6.18 Å². The van der Waals surface area contributed by atoms with Crippen LogP contribution in [0.3, 0.4) is 0 Å². The second-order valence-corrected chi connectivity index (χ2v) is 4.59. The third kappa shape index (κ3) is 3.63. The lowest BCUT2D eigenvalue weighted by Crippen LogP contribution is -2.49. The van der Waals surface area contributed by atoms with Crippen molar-refractivity contribution in [2.75, 3.05) is 13.6 Å². The number of hydrogen-bond acceptors (Lipinski definition) is 2. The first-order chi connectivity index (χ1) is 7.46. The van der Waals surface area contributed by atoms with Crippen molar-refractivity contribution in [2.45, 2.75) is 56.8 Å². The maximum Gasteiger partial charge on any atom is 0.404 e. The number of alkyl halides is 3. The van der Waals surface area contributed by atoms with Gasteiger partial charge in [0.2, 0.25) is 0 Å². The summed E-state index contributed by atoms with van der Waals surface area (Å²) in [4.78, 5) is 1.49. The van der Waals surface area contributed by atoms with Gasteiger partial charge in [-0.2, -0.15) is 13.2 Å². The van der Waals surface area contributed by atoms with Crippen LogP contribution in [0.15, 0.2) is 0 Å². The zero-order valence-corrected chi connectivity index (χ0v) is 9.76. The van der Waals surface area contributed by atoms with Crippen LogP contribution in [-0.4, -0.2) is 36.8 Å². The molecule has 1 atom stereocenters. The molecule has 1 aliphatic rings. The fourth-order valence-electron chi connectivity index (χ4n) is 2.50. The van der Waals surface area contributed by atoms with Gasteiger partial charge in [-0.15, -0.1) is 0 Å². The van der Waals surface area contributed by atoms with Crippen molar-refractivity contribution >= 4 is 0 Å². The molecular weight excluding hydrogens is 217 g/mol. The van der Waals surface area contributed by atoms with Crippen molar-refractivity contribution in [2.24, 2.45) is 5.73 Å². The second kappa shape index (κ2) is 5.87. The van der Waals surface area contributed by atoms with Crippen LogP contribution in [-0.2, 0) is 0 Å². The van der Waals surface area contributed by atoms with E-state index in [9.17, 15) is 13.2 Å². The van der Waals surface area contributed by atoms with Crippen LogP contribution >= 0.6 is 0 Å². The van der Waals surface area contributed by atoms with Crippen LogP contribution in [0.4, 0.5) is 13.2 Å². The van der Waals surface area contributed by atoms with Crippen LogP contribution in [0, 0.1) is 0 Å². The van der Waals surface area contributed by atoms with E-state index in [4.69, 9.17) is 5.73 Å². The molecule has 0 heterocycles. The molecular formula is C11H21F3N2. The first-order valence-electron chi connectivity index (χ1n) is 5.95. The van der Waals surface area contributed by atoms with E-state index in [1.54, 1.807) is 7.05 Å². The molecule has 1 unspecified atom stereocenters. The van der Waals surface area contributed by atoms with E-state index in [0.29, 0.717) is 0 Å². The Labute approximate surface area is 95.0 Å². The van der Waals surface area contributed by atoms with Crippen molar-refractivity contribution in [3.63, 3.8) is 0 Å². The monoisotopic (exact) mass is 238 g/mol. The molecule has 0 aromatic rings. The highest BCUT2D eigenvalue weighted by atomic mass is 19.4. The molecule has 0 aliphatic heterocycles. The van der Waals surface area contributed by atoms with E-state index in [1.165, 1.54) is 4.90 Å². The summed E-state index contributed by atoms with van der Waals surface area (Å²) in [5, 5.41) is 0. The Morgan fingerprint density at radius 2 is 1.81 bits per heavy atom. The fraction of sp³-hybridized carbons (Fsp3) is 1.00. The Morgan fingerprint density at radius 3 is 2.25 bits per heavy atom. The highest BCUT2D eigenvalue weighted by Gasteiger charge is 2.43. The molecule has 2 N–H and O–H groups in total. The van der Waals surface area contributed by atoms with Gasteiger partial charge in [-0.3, -0.25) is 4.90 Å². The lowest BCUT2D eigenvalue weighted by atomic mass is 9.93. The predicted molar refractivity (Wildman–Crippen MR) is 58.2 cm³/mol. The first kappa shape index (κ1) is 13.8. The molecule has 0 spiro atoms. The lowest BCUT2D eigenvalue weighted by molar-refractivity contribution is -0.188. The maximum atomic E-state index is 12.8. The average molecular weight is 238 g/mol. The van der Waals surface area contributed by atoms with Gasteiger partial charge in [0.05, 0.1) is 0 Å². The molecule has 2 nitrogen and oxygen atoms in total. The summed E-state index contributed by atoms with van der Waals surface area (Å²) in [6, 6.07) is -1.30. The van der Waals surface area contributed by atoms with Gasteiger partial charge in [0.25, 0.3) is 0 Å². The molecule has 1 fully saturated rings. The van der Waals surface area contributed by atoms with Crippen LogP contribution in [0.2, 0.25) is 0 Å². The van der Waals surface area contributed by atoms with Gasteiger partial charge in [0, 0.05) is 6.04 Å². The first-order valence-corrected chi connectivity index (χ1v) is 5.95. The topological polar surface area (TPSA) is 29.3 Å². The van der Waals surface area contributed by atoms with Crippen LogP contribution in [0.25, 0.3) is 0 Å². The molecule has 0 aromatic carbocycles. The quantitative estimate of drug-likeness (QED) is 0.815. The molecule has 0 bridgehead atoms.